The molecule has 4 rings (SSSR count). The van der Waals surface area contributed by atoms with E-state index in [0.717, 1.165) is 22.4 Å². The topological polar surface area (TPSA) is 81.1 Å². The summed E-state index contributed by atoms with van der Waals surface area (Å²) in [6, 6.07) is 24.9. The van der Waals surface area contributed by atoms with Crippen LogP contribution >= 0.6 is 23.4 Å². The van der Waals surface area contributed by atoms with Gasteiger partial charge >= 0.3 is 0 Å². The highest BCUT2D eigenvalue weighted by Gasteiger charge is 2.15. The molecule has 0 saturated carbocycles. The first kappa shape index (κ1) is 24.6. The Hall–Kier alpha value is -3.49. The largest absolute Gasteiger partial charge is 0.492 e. The third-order valence-corrected chi connectivity index (χ3v) is 6.21. The molecule has 9 heteroatoms. The Kier molecular flexibility index (Phi) is 8.64. The average Bonchev–Trinajstić information content (AvgIpc) is 3.28. The molecule has 4 aromatic rings. The van der Waals surface area contributed by atoms with Crippen molar-refractivity contribution < 1.29 is 9.53 Å². The van der Waals surface area contributed by atoms with Gasteiger partial charge < -0.3 is 15.4 Å². The van der Waals surface area contributed by atoms with Gasteiger partial charge in [-0.2, -0.15) is 0 Å². The minimum atomic E-state index is -0.0833. The number of hydrogen-bond acceptors (Lipinski definition) is 6. The van der Waals surface area contributed by atoms with E-state index in [9.17, 15) is 4.79 Å². The Morgan fingerprint density at radius 2 is 1.74 bits per heavy atom. The van der Waals surface area contributed by atoms with Crippen LogP contribution in [0.1, 0.15) is 19.2 Å². The summed E-state index contributed by atoms with van der Waals surface area (Å²) < 4.78 is 7.60. The first-order valence-electron chi connectivity index (χ1n) is 11.3. The van der Waals surface area contributed by atoms with Crippen molar-refractivity contribution in [3.8, 4) is 11.4 Å². The second-order valence-corrected chi connectivity index (χ2v) is 9.00. The minimum absolute atomic E-state index is 0.0833. The fourth-order valence-electron chi connectivity index (χ4n) is 3.39. The second kappa shape index (κ2) is 12.3. The number of benzene rings is 3. The molecule has 0 fully saturated rings. The van der Waals surface area contributed by atoms with E-state index in [4.69, 9.17) is 16.3 Å². The van der Waals surface area contributed by atoms with Crippen LogP contribution in [0.2, 0.25) is 5.02 Å². The van der Waals surface area contributed by atoms with Crippen molar-refractivity contribution >= 4 is 40.6 Å². The SMILES string of the molecule is CCOc1ccccc1NC(=O)CCSc1nnc(CNc2ccc(Cl)cc2)n1-c1ccccc1. The highest BCUT2D eigenvalue weighted by molar-refractivity contribution is 7.99. The van der Waals surface area contributed by atoms with Crippen molar-refractivity contribution in [3.63, 3.8) is 0 Å². The van der Waals surface area contributed by atoms with E-state index in [0.29, 0.717) is 41.8 Å². The molecule has 0 aliphatic carbocycles. The summed E-state index contributed by atoms with van der Waals surface area (Å²) in [5, 5.41) is 16.5. The van der Waals surface area contributed by atoms with Gasteiger partial charge in [0.25, 0.3) is 0 Å². The molecule has 7 nitrogen and oxygen atoms in total. The molecular weight excluding hydrogens is 482 g/mol. The summed E-state index contributed by atoms with van der Waals surface area (Å²) >= 11 is 7.48. The first-order chi connectivity index (χ1) is 17.1. The number of halogens is 1. The number of hydrogen-bond donors (Lipinski definition) is 2. The Labute approximate surface area is 213 Å². The molecule has 0 aliphatic heterocycles. The first-order valence-corrected chi connectivity index (χ1v) is 12.6. The molecule has 0 radical (unpaired) electrons. The van der Waals surface area contributed by atoms with Crippen molar-refractivity contribution in [2.24, 2.45) is 0 Å². The molecule has 3 aromatic carbocycles. The molecule has 0 aliphatic rings. The maximum Gasteiger partial charge on any atom is 0.225 e. The highest BCUT2D eigenvalue weighted by Crippen LogP contribution is 2.26. The summed E-state index contributed by atoms with van der Waals surface area (Å²) in [5.41, 5.74) is 2.57. The van der Waals surface area contributed by atoms with E-state index in [2.05, 4.69) is 20.8 Å². The Morgan fingerprint density at radius 3 is 2.51 bits per heavy atom. The molecule has 0 bridgehead atoms. The van der Waals surface area contributed by atoms with Gasteiger partial charge in [0.2, 0.25) is 5.91 Å². The lowest BCUT2D eigenvalue weighted by molar-refractivity contribution is -0.115. The minimum Gasteiger partial charge on any atom is -0.492 e. The summed E-state index contributed by atoms with van der Waals surface area (Å²) in [5.74, 6) is 1.90. The van der Waals surface area contributed by atoms with Gasteiger partial charge in [-0.15, -0.1) is 10.2 Å². The number of nitrogens with one attached hydrogen (secondary N) is 2. The molecule has 180 valence electrons. The van der Waals surface area contributed by atoms with E-state index in [1.165, 1.54) is 11.8 Å². The summed E-state index contributed by atoms with van der Waals surface area (Å²) in [7, 11) is 0. The van der Waals surface area contributed by atoms with E-state index >= 15 is 0 Å². The van der Waals surface area contributed by atoms with Gasteiger partial charge in [0.1, 0.15) is 5.75 Å². The number of para-hydroxylation sites is 3. The maximum atomic E-state index is 12.6. The van der Waals surface area contributed by atoms with Crippen LogP contribution in [0.4, 0.5) is 11.4 Å². The molecule has 35 heavy (non-hydrogen) atoms. The molecular formula is C26H26ClN5O2S. The summed E-state index contributed by atoms with van der Waals surface area (Å²) in [6.45, 7) is 2.93. The molecule has 1 aromatic heterocycles. The summed E-state index contributed by atoms with van der Waals surface area (Å²) in [6.07, 6.45) is 0.325. The fourth-order valence-corrected chi connectivity index (χ4v) is 4.43. The third-order valence-electron chi connectivity index (χ3n) is 5.03. The second-order valence-electron chi connectivity index (χ2n) is 7.51. The lowest BCUT2D eigenvalue weighted by Gasteiger charge is -2.12. The van der Waals surface area contributed by atoms with Gasteiger partial charge in [-0.1, -0.05) is 53.7 Å². The predicted molar refractivity (Wildman–Crippen MR) is 142 cm³/mol. The van der Waals surface area contributed by atoms with Gasteiger partial charge in [0, 0.05) is 28.6 Å². The zero-order valence-corrected chi connectivity index (χ0v) is 20.9. The number of rotatable bonds is 11. The zero-order chi connectivity index (χ0) is 24.5. The fraction of sp³-hybridized carbons (Fsp3) is 0.192. The standard InChI is InChI=1S/C26H26ClN5O2S/c1-2-34-23-11-7-6-10-22(23)29-25(33)16-17-35-26-31-30-24(32(26)21-8-4-3-5-9-21)18-28-20-14-12-19(27)13-15-20/h3-15,28H,2,16-18H2,1H3,(H,29,33). The Bertz CT molecular complexity index is 1250. The van der Waals surface area contributed by atoms with Crippen LogP contribution in [0.25, 0.3) is 5.69 Å². The number of carbonyl (C=O) groups is 1. The van der Waals surface area contributed by atoms with Gasteiger partial charge in [-0.25, -0.2) is 0 Å². The molecule has 0 saturated heterocycles. The van der Waals surface area contributed by atoms with Crippen LogP contribution in [0, 0.1) is 0 Å². The van der Waals surface area contributed by atoms with Crippen molar-refractivity contribution in [2.75, 3.05) is 23.0 Å². The number of nitrogens with zero attached hydrogens (tertiary/aromatic N) is 3. The summed E-state index contributed by atoms with van der Waals surface area (Å²) in [4.78, 5) is 12.6. The lowest BCUT2D eigenvalue weighted by atomic mass is 10.3. The molecule has 2 N–H and O–H groups in total. The smallest absolute Gasteiger partial charge is 0.225 e. The third kappa shape index (κ3) is 6.77. The van der Waals surface area contributed by atoms with Crippen molar-refractivity contribution in [1.82, 2.24) is 14.8 Å². The number of carbonyl (C=O) groups excluding carboxylic acids is 1. The van der Waals surface area contributed by atoms with E-state index < -0.39 is 0 Å². The normalized spacial score (nSPS) is 10.7. The number of ether oxygens (including phenoxy) is 1. The molecule has 1 heterocycles. The molecule has 0 spiro atoms. The van der Waals surface area contributed by atoms with Gasteiger partial charge in [-0.05, 0) is 55.5 Å². The van der Waals surface area contributed by atoms with Crippen molar-refractivity contribution in [1.29, 1.82) is 0 Å². The number of anilines is 2. The lowest BCUT2D eigenvalue weighted by Crippen LogP contribution is -2.13. The van der Waals surface area contributed by atoms with Crippen LogP contribution in [-0.2, 0) is 11.3 Å². The van der Waals surface area contributed by atoms with Gasteiger partial charge in [-0.3, -0.25) is 9.36 Å². The van der Waals surface area contributed by atoms with Crippen molar-refractivity contribution in [2.45, 2.75) is 25.0 Å². The van der Waals surface area contributed by atoms with Crippen LogP contribution < -0.4 is 15.4 Å². The Balaban J connectivity index is 1.42. The van der Waals surface area contributed by atoms with E-state index in [-0.39, 0.29) is 5.91 Å². The van der Waals surface area contributed by atoms with E-state index in [1.807, 2.05) is 90.4 Å². The van der Waals surface area contributed by atoms with Crippen molar-refractivity contribution in [3.05, 3.63) is 89.7 Å². The monoisotopic (exact) mass is 507 g/mol. The zero-order valence-electron chi connectivity index (χ0n) is 19.3. The number of aromatic nitrogens is 3. The Morgan fingerprint density at radius 1 is 1.00 bits per heavy atom. The van der Waals surface area contributed by atoms with E-state index in [1.54, 1.807) is 0 Å². The quantitative estimate of drug-likeness (QED) is 0.240. The molecule has 1 amide bonds. The molecule has 0 unspecified atom stereocenters. The molecule has 0 atom stereocenters. The van der Waals surface area contributed by atoms with Crippen LogP contribution in [0.5, 0.6) is 5.75 Å². The van der Waals surface area contributed by atoms with Crippen LogP contribution in [-0.4, -0.2) is 33.0 Å². The highest BCUT2D eigenvalue weighted by atomic mass is 35.5. The maximum absolute atomic E-state index is 12.6. The predicted octanol–water partition coefficient (Wildman–Crippen LogP) is 6.05. The average molecular weight is 508 g/mol. The van der Waals surface area contributed by atoms with Gasteiger partial charge in [0.15, 0.2) is 11.0 Å². The van der Waals surface area contributed by atoms with Crippen LogP contribution in [0.15, 0.2) is 84.0 Å². The number of thioether (sulfide) groups is 1. The number of amides is 1. The van der Waals surface area contributed by atoms with Gasteiger partial charge in [0.05, 0.1) is 18.8 Å². The van der Waals surface area contributed by atoms with Crippen LogP contribution in [0.3, 0.4) is 0 Å².